The highest BCUT2D eigenvalue weighted by Gasteiger charge is 2.11. The van der Waals surface area contributed by atoms with Crippen molar-refractivity contribution in [2.75, 3.05) is 5.75 Å². The Morgan fingerprint density at radius 3 is 2.95 bits per heavy atom. The van der Waals surface area contributed by atoms with Gasteiger partial charge in [0.25, 0.3) is 0 Å². The molecule has 4 nitrogen and oxygen atoms in total. The van der Waals surface area contributed by atoms with Crippen molar-refractivity contribution in [1.29, 1.82) is 0 Å². The first-order valence-corrected chi connectivity index (χ1v) is 7.22. The highest BCUT2D eigenvalue weighted by Crippen LogP contribution is 2.20. The van der Waals surface area contributed by atoms with E-state index < -0.39 is 5.97 Å². The van der Waals surface area contributed by atoms with Crippen LogP contribution in [0.15, 0.2) is 35.6 Å². The molecule has 0 aliphatic carbocycles. The summed E-state index contributed by atoms with van der Waals surface area (Å²) in [4.78, 5) is 14.9. The molecule has 0 unspecified atom stereocenters. The van der Waals surface area contributed by atoms with E-state index in [1.165, 1.54) is 23.9 Å². The van der Waals surface area contributed by atoms with E-state index in [0.29, 0.717) is 11.7 Å². The van der Waals surface area contributed by atoms with Gasteiger partial charge in [-0.15, -0.1) is 0 Å². The largest absolute Gasteiger partial charge is 0.481 e. The van der Waals surface area contributed by atoms with Crippen molar-refractivity contribution in [2.24, 2.45) is 0 Å². The van der Waals surface area contributed by atoms with Gasteiger partial charge in [0.15, 0.2) is 5.16 Å². The molecule has 20 heavy (non-hydrogen) atoms. The second-order valence-corrected chi connectivity index (χ2v) is 5.23. The molecule has 0 bridgehead atoms. The minimum absolute atomic E-state index is 0.0384. The number of carboxylic acid groups (broad SMARTS) is 1. The maximum atomic E-state index is 13.2. The van der Waals surface area contributed by atoms with Crippen molar-refractivity contribution in [1.82, 2.24) is 9.55 Å². The average molecular weight is 294 g/mol. The number of thioether (sulfide) groups is 1. The van der Waals surface area contributed by atoms with E-state index >= 15 is 0 Å². The summed E-state index contributed by atoms with van der Waals surface area (Å²) in [5, 5.41) is 9.40. The Bertz CT molecular complexity index is 613. The Morgan fingerprint density at radius 1 is 1.50 bits per heavy atom. The smallest absolute Gasteiger partial charge is 0.313 e. The van der Waals surface area contributed by atoms with Gasteiger partial charge in [-0.1, -0.05) is 30.8 Å². The van der Waals surface area contributed by atoms with Crippen LogP contribution in [0.3, 0.4) is 0 Å². The number of hydrogen-bond donors (Lipinski definition) is 1. The van der Waals surface area contributed by atoms with Crippen LogP contribution in [0.5, 0.6) is 0 Å². The van der Waals surface area contributed by atoms with Crippen molar-refractivity contribution in [3.8, 4) is 0 Å². The molecule has 0 saturated heterocycles. The first kappa shape index (κ1) is 14.6. The number of aromatic nitrogens is 2. The van der Waals surface area contributed by atoms with Gasteiger partial charge in [-0.3, -0.25) is 4.79 Å². The molecule has 0 fully saturated rings. The molecule has 0 aliphatic rings. The summed E-state index contributed by atoms with van der Waals surface area (Å²) in [6, 6.07) is 6.38. The van der Waals surface area contributed by atoms with Gasteiger partial charge < -0.3 is 9.67 Å². The predicted octanol–water partition coefficient (Wildman–Crippen LogP) is 2.81. The van der Waals surface area contributed by atoms with Crippen LogP contribution in [0.2, 0.25) is 0 Å². The summed E-state index contributed by atoms with van der Waals surface area (Å²) in [6.07, 6.45) is 2.53. The number of hydrogen-bond acceptors (Lipinski definition) is 3. The van der Waals surface area contributed by atoms with Gasteiger partial charge in [-0.05, 0) is 24.1 Å². The first-order chi connectivity index (χ1) is 9.60. The molecule has 106 valence electrons. The van der Waals surface area contributed by atoms with Gasteiger partial charge >= 0.3 is 5.97 Å². The number of carboxylic acids is 1. The van der Waals surface area contributed by atoms with Crippen LogP contribution in [0.1, 0.15) is 18.2 Å². The number of aliphatic carboxylic acids is 1. The highest BCUT2D eigenvalue weighted by atomic mass is 32.2. The van der Waals surface area contributed by atoms with Crippen LogP contribution in [-0.2, 0) is 17.8 Å². The number of nitrogens with zero attached hydrogens (tertiary/aromatic N) is 2. The first-order valence-electron chi connectivity index (χ1n) is 6.23. The highest BCUT2D eigenvalue weighted by molar-refractivity contribution is 7.99. The lowest BCUT2D eigenvalue weighted by Gasteiger charge is -2.10. The van der Waals surface area contributed by atoms with Crippen molar-refractivity contribution < 1.29 is 14.3 Å². The Morgan fingerprint density at radius 2 is 2.30 bits per heavy atom. The van der Waals surface area contributed by atoms with Crippen LogP contribution in [0, 0.1) is 5.82 Å². The van der Waals surface area contributed by atoms with E-state index in [0.717, 1.165) is 17.7 Å². The van der Waals surface area contributed by atoms with E-state index in [2.05, 4.69) is 4.98 Å². The Hall–Kier alpha value is -1.82. The van der Waals surface area contributed by atoms with Crippen LogP contribution >= 0.6 is 11.8 Å². The molecule has 1 aromatic heterocycles. The summed E-state index contributed by atoms with van der Waals surface area (Å²) in [5.74, 6) is -1.20. The fourth-order valence-corrected chi connectivity index (χ4v) is 2.62. The van der Waals surface area contributed by atoms with Crippen LogP contribution in [0.4, 0.5) is 4.39 Å². The third-order valence-corrected chi connectivity index (χ3v) is 3.79. The number of aryl methyl sites for hydroxylation is 1. The number of rotatable bonds is 6. The topological polar surface area (TPSA) is 55.1 Å². The Labute approximate surface area is 120 Å². The Balaban J connectivity index is 2.24. The van der Waals surface area contributed by atoms with Gasteiger partial charge in [0.05, 0.1) is 5.75 Å². The minimum Gasteiger partial charge on any atom is -0.481 e. The minimum atomic E-state index is -0.881. The molecule has 2 rings (SSSR count). The molecule has 0 spiro atoms. The van der Waals surface area contributed by atoms with E-state index in [-0.39, 0.29) is 11.6 Å². The normalized spacial score (nSPS) is 10.7. The molecule has 1 aromatic carbocycles. The molecule has 0 saturated carbocycles. The quantitative estimate of drug-likeness (QED) is 0.832. The van der Waals surface area contributed by atoms with Gasteiger partial charge in [0, 0.05) is 18.4 Å². The van der Waals surface area contributed by atoms with Crippen molar-refractivity contribution in [3.63, 3.8) is 0 Å². The fraction of sp³-hybridized carbons (Fsp3) is 0.286. The van der Waals surface area contributed by atoms with Gasteiger partial charge in [0.1, 0.15) is 5.82 Å². The third-order valence-electron chi connectivity index (χ3n) is 2.82. The van der Waals surface area contributed by atoms with E-state index in [9.17, 15) is 9.18 Å². The molecule has 2 aromatic rings. The molecule has 0 aliphatic heterocycles. The van der Waals surface area contributed by atoms with Gasteiger partial charge in [-0.2, -0.15) is 0 Å². The lowest BCUT2D eigenvalue weighted by atomic mass is 10.2. The summed E-state index contributed by atoms with van der Waals surface area (Å²) in [5.41, 5.74) is 1.83. The zero-order chi connectivity index (χ0) is 14.5. The second-order valence-electron chi connectivity index (χ2n) is 4.28. The lowest BCUT2D eigenvalue weighted by molar-refractivity contribution is -0.133. The molecular weight excluding hydrogens is 279 g/mol. The fourth-order valence-electron chi connectivity index (χ4n) is 1.90. The van der Waals surface area contributed by atoms with E-state index in [1.54, 1.807) is 12.3 Å². The number of imidazole rings is 1. The third kappa shape index (κ3) is 3.60. The number of halogens is 1. The lowest BCUT2D eigenvalue weighted by Crippen LogP contribution is -2.07. The maximum absolute atomic E-state index is 13.2. The van der Waals surface area contributed by atoms with Gasteiger partial charge in [0.2, 0.25) is 0 Å². The SMILES string of the molecule is CCc1cnc(SCC(=O)O)n1Cc1cccc(F)c1. The molecule has 6 heteroatoms. The van der Waals surface area contributed by atoms with Crippen LogP contribution < -0.4 is 0 Å². The van der Waals surface area contributed by atoms with Crippen molar-refractivity contribution >= 4 is 17.7 Å². The van der Waals surface area contributed by atoms with Gasteiger partial charge in [-0.25, -0.2) is 9.37 Å². The Kier molecular flexibility index (Phi) is 4.79. The van der Waals surface area contributed by atoms with Crippen molar-refractivity contribution in [3.05, 3.63) is 47.5 Å². The molecule has 1 heterocycles. The molecule has 0 amide bonds. The summed E-state index contributed by atoms with van der Waals surface area (Å²) in [6.45, 7) is 2.49. The predicted molar refractivity (Wildman–Crippen MR) is 75.5 cm³/mol. The molecule has 1 N–H and O–H groups in total. The summed E-state index contributed by atoms with van der Waals surface area (Å²) in [7, 11) is 0. The second kappa shape index (κ2) is 6.56. The van der Waals surface area contributed by atoms with Crippen molar-refractivity contribution in [2.45, 2.75) is 25.0 Å². The monoisotopic (exact) mass is 294 g/mol. The maximum Gasteiger partial charge on any atom is 0.313 e. The standard InChI is InChI=1S/C14H15FN2O2S/c1-2-12-7-16-14(20-9-13(18)19)17(12)8-10-4-3-5-11(15)6-10/h3-7H,2,8-9H2,1H3,(H,18,19). The van der Waals surface area contributed by atoms with E-state index in [4.69, 9.17) is 5.11 Å². The summed E-state index contributed by atoms with van der Waals surface area (Å²) < 4.78 is 15.2. The summed E-state index contributed by atoms with van der Waals surface area (Å²) >= 11 is 1.17. The van der Waals surface area contributed by atoms with E-state index in [1.807, 2.05) is 17.6 Å². The van der Waals surface area contributed by atoms with Crippen LogP contribution in [-0.4, -0.2) is 26.4 Å². The zero-order valence-corrected chi connectivity index (χ0v) is 11.9. The molecule has 0 atom stereocenters. The molecular formula is C14H15FN2O2S. The number of carbonyl (C=O) groups is 1. The number of benzene rings is 1. The zero-order valence-electron chi connectivity index (χ0n) is 11.0. The van der Waals surface area contributed by atoms with Crippen LogP contribution in [0.25, 0.3) is 0 Å². The molecule has 0 radical (unpaired) electrons. The average Bonchev–Trinajstić information content (AvgIpc) is 2.78.